The molecule has 1 amide bonds. The second-order valence-electron chi connectivity index (χ2n) is 5.93. The van der Waals surface area contributed by atoms with Crippen molar-refractivity contribution in [3.8, 4) is 11.1 Å². The predicted molar refractivity (Wildman–Crippen MR) is 100 cm³/mol. The molecule has 0 aliphatic rings. The zero-order valence-electron chi connectivity index (χ0n) is 15.0. The number of nitrogens with zero attached hydrogens (tertiary/aromatic N) is 2. The molecule has 26 heavy (non-hydrogen) atoms. The summed E-state index contributed by atoms with van der Waals surface area (Å²) < 4.78 is 10.3. The summed E-state index contributed by atoms with van der Waals surface area (Å²) in [5.74, 6) is 0.800. The zero-order valence-corrected chi connectivity index (χ0v) is 15.8. The molecule has 0 bridgehead atoms. The van der Waals surface area contributed by atoms with E-state index in [0.717, 1.165) is 16.0 Å². The third-order valence-electron chi connectivity index (χ3n) is 4.01. The Labute approximate surface area is 156 Å². The molecule has 3 rings (SSSR count). The maximum atomic E-state index is 12.8. The van der Waals surface area contributed by atoms with Crippen molar-refractivity contribution < 1.29 is 14.1 Å². The van der Waals surface area contributed by atoms with Gasteiger partial charge in [0, 0.05) is 29.4 Å². The minimum absolute atomic E-state index is 0.155. The highest BCUT2D eigenvalue weighted by molar-refractivity contribution is 7.10. The normalized spacial score (nSPS) is 12.1. The average Bonchev–Trinajstić information content (AvgIpc) is 3.27. The van der Waals surface area contributed by atoms with Crippen LogP contribution >= 0.6 is 11.3 Å². The smallest absolute Gasteiger partial charge is 0.253 e. The van der Waals surface area contributed by atoms with Gasteiger partial charge in [0.05, 0.1) is 12.2 Å². The van der Waals surface area contributed by atoms with Crippen molar-refractivity contribution in [2.24, 2.45) is 0 Å². The molecule has 1 unspecified atom stereocenters. The Kier molecular flexibility index (Phi) is 5.80. The van der Waals surface area contributed by atoms with Gasteiger partial charge in [-0.1, -0.05) is 35.5 Å². The van der Waals surface area contributed by atoms with E-state index in [9.17, 15) is 4.79 Å². The number of ether oxygens (including phenoxy) is 1. The number of thiophene rings is 1. The van der Waals surface area contributed by atoms with Crippen LogP contribution < -0.4 is 5.32 Å². The molecule has 1 atom stereocenters. The molecule has 2 heterocycles. The molecule has 0 aliphatic heterocycles. The fourth-order valence-corrected chi connectivity index (χ4v) is 3.53. The second-order valence-corrected chi connectivity index (χ2v) is 7.02. The van der Waals surface area contributed by atoms with Crippen LogP contribution in [0.4, 0.5) is 0 Å². The molecule has 0 saturated carbocycles. The number of hydrogen-bond donors (Lipinski definition) is 1. The van der Waals surface area contributed by atoms with Crippen molar-refractivity contribution in [1.82, 2.24) is 15.5 Å². The fraction of sp³-hybridized carbons (Fsp3) is 0.316. The molecule has 3 aromatic rings. The van der Waals surface area contributed by atoms with Crippen molar-refractivity contribution in [2.45, 2.75) is 26.3 Å². The van der Waals surface area contributed by atoms with Crippen LogP contribution in [0.1, 0.15) is 39.9 Å². The number of methoxy groups -OCH3 is 1. The van der Waals surface area contributed by atoms with Crippen LogP contribution in [0.5, 0.6) is 0 Å². The predicted octanol–water partition coefficient (Wildman–Crippen LogP) is 3.79. The average molecular weight is 371 g/mol. The van der Waals surface area contributed by atoms with Crippen molar-refractivity contribution in [1.29, 1.82) is 0 Å². The summed E-state index contributed by atoms with van der Waals surface area (Å²) in [7, 11) is 1.62. The van der Waals surface area contributed by atoms with Crippen molar-refractivity contribution in [3.63, 3.8) is 0 Å². The number of amides is 1. The lowest BCUT2D eigenvalue weighted by Crippen LogP contribution is -2.27. The number of aromatic nitrogens is 2. The lowest BCUT2D eigenvalue weighted by atomic mass is 10.0. The van der Waals surface area contributed by atoms with Crippen LogP contribution in [0.15, 0.2) is 40.2 Å². The highest BCUT2D eigenvalue weighted by atomic mass is 32.1. The Balaban J connectivity index is 1.75. The molecule has 0 fully saturated rings. The van der Waals surface area contributed by atoms with Crippen LogP contribution in [-0.4, -0.2) is 29.8 Å². The zero-order chi connectivity index (χ0) is 18.5. The number of carbonyl (C=O) groups is 1. The minimum Gasteiger partial charge on any atom is -0.384 e. The van der Waals surface area contributed by atoms with E-state index in [1.54, 1.807) is 18.4 Å². The van der Waals surface area contributed by atoms with E-state index in [1.807, 2.05) is 49.6 Å². The molecule has 0 spiro atoms. The fourth-order valence-electron chi connectivity index (χ4n) is 2.66. The SMILES string of the molecule is COCCc1noc(C(C)NC(=O)c2csc(C)c2-c2ccccc2)n1. The second kappa shape index (κ2) is 8.25. The van der Waals surface area contributed by atoms with Gasteiger partial charge in [0.25, 0.3) is 5.91 Å². The number of aryl methyl sites for hydroxylation is 1. The Bertz CT molecular complexity index is 873. The number of hydrogen-bond acceptors (Lipinski definition) is 6. The monoisotopic (exact) mass is 371 g/mol. The largest absolute Gasteiger partial charge is 0.384 e. The maximum Gasteiger partial charge on any atom is 0.253 e. The van der Waals surface area contributed by atoms with Crippen molar-refractivity contribution >= 4 is 17.2 Å². The highest BCUT2D eigenvalue weighted by Crippen LogP contribution is 2.32. The summed E-state index contributed by atoms with van der Waals surface area (Å²) in [6.45, 7) is 4.37. The van der Waals surface area contributed by atoms with E-state index < -0.39 is 0 Å². The third-order valence-corrected chi connectivity index (χ3v) is 4.92. The third kappa shape index (κ3) is 4.00. The molecule has 7 heteroatoms. The minimum atomic E-state index is -0.380. The molecular weight excluding hydrogens is 350 g/mol. The Morgan fingerprint density at radius 3 is 2.85 bits per heavy atom. The first kappa shape index (κ1) is 18.3. The molecule has 136 valence electrons. The van der Waals surface area contributed by atoms with Crippen LogP contribution in [-0.2, 0) is 11.2 Å². The summed E-state index contributed by atoms with van der Waals surface area (Å²) in [6.07, 6.45) is 0.572. The summed E-state index contributed by atoms with van der Waals surface area (Å²) in [5.41, 5.74) is 2.65. The van der Waals surface area contributed by atoms with Gasteiger partial charge in [0.2, 0.25) is 5.89 Å². The highest BCUT2D eigenvalue weighted by Gasteiger charge is 2.21. The van der Waals surface area contributed by atoms with Gasteiger partial charge in [-0.3, -0.25) is 4.79 Å². The summed E-state index contributed by atoms with van der Waals surface area (Å²) in [5, 5.41) is 8.74. The van der Waals surface area contributed by atoms with Crippen molar-refractivity contribution in [2.75, 3.05) is 13.7 Å². The molecule has 0 saturated heterocycles. The molecule has 2 aromatic heterocycles. The van der Waals surface area contributed by atoms with Gasteiger partial charge in [0.1, 0.15) is 6.04 Å². The summed E-state index contributed by atoms with van der Waals surface area (Å²) in [4.78, 5) is 18.2. The van der Waals surface area contributed by atoms with E-state index in [2.05, 4.69) is 15.5 Å². The van der Waals surface area contributed by atoms with E-state index in [0.29, 0.717) is 30.3 Å². The van der Waals surface area contributed by atoms with E-state index >= 15 is 0 Å². The van der Waals surface area contributed by atoms with E-state index in [1.165, 1.54) is 0 Å². The van der Waals surface area contributed by atoms with E-state index in [4.69, 9.17) is 9.26 Å². The maximum absolute atomic E-state index is 12.8. The molecule has 6 nitrogen and oxygen atoms in total. The van der Waals surface area contributed by atoms with Gasteiger partial charge in [-0.25, -0.2) is 0 Å². The van der Waals surface area contributed by atoms with Crippen molar-refractivity contribution in [3.05, 3.63) is 57.9 Å². The molecule has 1 N–H and O–H groups in total. The van der Waals surface area contributed by atoms with Gasteiger partial charge >= 0.3 is 0 Å². The molecule has 0 aliphatic carbocycles. The number of carbonyl (C=O) groups excluding carboxylic acids is 1. The van der Waals surface area contributed by atoms with Gasteiger partial charge in [-0.05, 0) is 19.4 Å². The lowest BCUT2D eigenvalue weighted by Gasteiger charge is -2.11. The number of benzene rings is 1. The quantitative estimate of drug-likeness (QED) is 0.684. The Hall–Kier alpha value is -2.51. The van der Waals surface area contributed by atoms with Crippen LogP contribution in [0.3, 0.4) is 0 Å². The van der Waals surface area contributed by atoms with E-state index in [-0.39, 0.29) is 11.9 Å². The number of rotatable bonds is 7. The number of nitrogens with one attached hydrogen (secondary N) is 1. The first-order chi connectivity index (χ1) is 12.6. The lowest BCUT2D eigenvalue weighted by molar-refractivity contribution is 0.0933. The summed E-state index contributed by atoms with van der Waals surface area (Å²) in [6, 6.07) is 9.54. The molecular formula is C19H21N3O3S. The topological polar surface area (TPSA) is 77.3 Å². The first-order valence-electron chi connectivity index (χ1n) is 8.36. The Morgan fingerprint density at radius 1 is 1.35 bits per heavy atom. The molecule has 0 radical (unpaired) electrons. The van der Waals surface area contributed by atoms with Crippen LogP contribution in [0.2, 0.25) is 0 Å². The van der Waals surface area contributed by atoms with Crippen LogP contribution in [0.25, 0.3) is 11.1 Å². The van der Waals surface area contributed by atoms with Gasteiger partial charge in [0.15, 0.2) is 5.82 Å². The van der Waals surface area contributed by atoms with Crippen LogP contribution in [0, 0.1) is 6.92 Å². The standard InChI is InChI=1S/C19H21N3O3S/c1-12(19-21-16(22-25-19)9-10-24-3)20-18(23)15-11-26-13(2)17(15)14-7-5-4-6-8-14/h4-8,11-12H,9-10H2,1-3H3,(H,20,23). The molecule has 1 aromatic carbocycles. The van der Waals surface area contributed by atoms with Gasteiger partial charge < -0.3 is 14.6 Å². The summed E-state index contributed by atoms with van der Waals surface area (Å²) >= 11 is 1.56. The van der Waals surface area contributed by atoms with Gasteiger partial charge in [-0.15, -0.1) is 11.3 Å². The van der Waals surface area contributed by atoms with Gasteiger partial charge in [-0.2, -0.15) is 4.98 Å². The Morgan fingerprint density at radius 2 is 2.12 bits per heavy atom. The first-order valence-corrected chi connectivity index (χ1v) is 9.24.